The smallest absolute Gasteiger partial charge is 0.389 e. The lowest BCUT2D eigenvalue weighted by molar-refractivity contribution is -0.129. The predicted molar refractivity (Wildman–Crippen MR) is 71.2 cm³/mol. The Kier molecular flexibility index (Phi) is 3.97. The van der Waals surface area contributed by atoms with Crippen molar-refractivity contribution < 1.29 is 17.6 Å². The van der Waals surface area contributed by atoms with Crippen molar-refractivity contribution in [1.29, 1.82) is 0 Å². The van der Waals surface area contributed by atoms with Gasteiger partial charge in [0.1, 0.15) is 11.6 Å². The van der Waals surface area contributed by atoms with Gasteiger partial charge in [0, 0.05) is 11.7 Å². The van der Waals surface area contributed by atoms with Gasteiger partial charge >= 0.3 is 6.18 Å². The second kappa shape index (κ2) is 5.75. The first-order valence-electron chi connectivity index (χ1n) is 6.68. The van der Waals surface area contributed by atoms with Crippen LogP contribution >= 0.6 is 11.8 Å². The fraction of sp³-hybridized carbons (Fsp3) is 0.538. The highest BCUT2D eigenvalue weighted by atomic mass is 32.2. The van der Waals surface area contributed by atoms with E-state index in [1.807, 2.05) is 10.6 Å². The molecule has 0 aromatic carbocycles. The molecule has 0 saturated heterocycles. The average molecular weight is 317 g/mol. The molecule has 114 valence electrons. The van der Waals surface area contributed by atoms with Gasteiger partial charge in [0.05, 0.1) is 19.2 Å². The minimum absolute atomic E-state index is 0.0511. The van der Waals surface area contributed by atoms with E-state index in [1.165, 1.54) is 0 Å². The molecule has 4 nitrogen and oxygen atoms in total. The van der Waals surface area contributed by atoms with Crippen LogP contribution in [0.15, 0.2) is 28.0 Å². The number of thioether (sulfide) groups is 1. The van der Waals surface area contributed by atoms with Crippen molar-refractivity contribution in [3.05, 3.63) is 30.0 Å². The van der Waals surface area contributed by atoms with Gasteiger partial charge in [0.25, 0.3) is 0 Å². The Morgan fingerprint density at radius 2 is 2.14 bits per heavy atom. The number of rotatable bonds is 6. The lowest BCUT2D eigenvalue weighted by Crippen LogP contribution is -2.09. The fourth-order valence-electron chi connectivity index (χ4n) is 2.02. The molecule has 0 N–H and O–H groups in total. The van der Waals surface area contributed by atoms with Crippen LogP contribution in [0.2, 0.25) is 0 Å². The highest BCUT2D eigenvalue weighted by Crippen LogP contribution is 2.40. The second-order valence-electron chi connectivity index (χ2n) is 4.99. The molecule has 1 aliphatic rings. The van der Waals surface area contributed by atoms with E-state index >= 15 is 0 Å². The maximum Gasteiger partial charge on any atom is 0.389 e. The molecule has 21 heavy (non-hydrogen) atoms. The van der Waals surface area contributed by atoms with Crippen LogP contribution in [0.4, 0.5) is 13.2 Å². The van der Waals surface area contributed by atoms with E-state index in [2.05, 4.69) is 10.2 Å². The van der Waals surface area contributed by atoms with Crippen molar-refractivity contribution in [3.8, 4) is 0 Å². The van der Waals surface area contributed by atoms with Crippen molar-refractivity contribution in [2.75, 3.05) is 5.75 Å². The molecule has 0 unspecified atom stereocenters. The number of hydrogen-bond acceptors (Lipinski definition) is 4. The van der Waals surface area contributed by atoms with Crippen LogP contribution in [-0.4, -0.2) is 26.7 Å². The van der Waals surface area contributed by atoms with E-state index in [4.69, 9.17) is 4.42 Å². The highest BCUT2D eigenvalue weighted by molar-refractivity contribution is 7.99. The van der Waals surface area contributed by atoms with E-state index in [0.29, 0.717) is 17.6 Å². The second-order valence-corrected chi connectivity index (χ2v) is 6.06. The molecule has 3 rings (SSSR count). The Morgan fingerprint density at radius 1 is 1.33 bits per heavy atom. The lowest BCUT2D eigenvalue weighted by Gasteiger charge is -2.09. The van der Waals surface area contributed by atoms with Crippen LogP contribution in [0.1, 0.15) is 36.8 Å². The van der Waals surface area contributed by atoms with Crippen molar-refractivity contribution >= 4 is 11.8 Å². The van der Waals surface area contributed by atoms with Gasteiger partial charge in [0.15, 0.2) is 5.16 Å². The van der Waals surface area contributed by atoms with Crippen LogP contribution in [0.25, 0.3) is 0 Å². The third-order valence-electron chi connectivity index (χ3n) is 3.20. The molecule has 2 heterocycles. The number of nitrogens with zero attached hydrogens (tertiary/aromatic N) is 3. The van der Waals surface area contributed by atoms with Crippen LogP contribution in [-0.2, 0) is 6.54 Å². The SMILES string of the molecule is FC(F)(F)CCSc1nnc(C2CC2)n1Cc1ccco1. The average Bonchev–Trinajstić information content (AvgIpc) is 2.97. The summed E-state index contributed by atoms with van der Waals surface area (Å²) in [7, 11) is 0. The Labute approximate surface area is 123 Å². The van der Waals surface area contributed by atoms with Crippen LogP contribution in [0.3, 0.4) is 0 Å². The van der Waals surface area contributed by atoms with Gasteiger partial charge in [-0.1, -0.05) is 11.8 Å². The first-order chi connectivity index (χ1) is 10.0. The molecule has 0 bridgehead atoms. The molecule has 8 heteroatoms. The zero-order chi connectivity index (χ0) is 14.9. The third kappa shape index (κ3) is 3.81. The first-order valence-corrected chi connectivity index (χ1v) is 7.66. The number of halogens is 3. The summed E-state index contributed by atoms with van der Waals surface area (Å²) in [5, 5.41) is 8.71. The minimum Gasteiger partial charge on any atom is -0.467 e. The molecular formula is C13H14F3N3OS. The summed E-state index contributed by atoms with van der Waals surface area (Å²) in [6, 6.07) is 3.62. The highest BCUT2D eigenvalue weighted by Gasteiger charge is 2.31. The standard InChI is InChI=1S/C13H14F3N3OS/c14-13(15,16)5-7-21-12-18-17-11(9-3-4-9)19(12)8-10-2-1-6-20-10/h1-2,6,9H,3-5,7-8H2. The van der Waals surface area contributed by atoms with Gasteiger partial charge in [-0.3, -0.25) is 4.57 Å². The summed E-state index contributed by atoms with van der Waals surface area (Å²) in [6.07, 6.45) is -1.28. The van der Waals surface area contributed by atoms with Gasteiger partial charge in [-0.25, -0.2) is 0 Å². The topological polar surface area (TPSA) is 43.9 Å². The van der Waals surface area contributed by atoms with Crippen molar-refractivity contribution in [3.63, 3.8) is 0 Å². The molecule has 1 fully saturated rings. The molecule has 0 atom stereocenters. The van der Waals surface area contributed by atoms with Crippen LogP contribution < -0.4 is 0 Å². The van der Waals surface area contributed by atoms with Crippen molar-refractivity contribution in [2.24, 2.45) is 0 Å². The van der Waals surface area contributed by atoms with Gasteiger partial charge in [-0.2, -0.15) is 13.2 Å². The first kappa shape index (κ1) is 14.5. The molecule has 0 spiro atoms. The quantitative estimate of drug-likeness (QED) is 0.759. The predicted octanol–water partition coefficient (Wildman–Crippen LogP) is 3.84. The molecule has 0 radical (unpaired) electrons. The Bertz CT molecular complexity index is 590. The Morgan fingerprint density at radius 3 is 2.76 bits per heavy atom. The largest absolute Gasteiger partial charge is 0.467 e. The van der Waals surface area contributed by atoms with Crippen molar-refractivity contribution in [1.82, 2.24) is 14.8 Å². The zero-order valence-electron chi connectivity index (χ0n) is 11.1. The number of aromatic nitrogens is 3. The van der Waals surface area contributed by atoms with Gasteiger partial charge < -0.3 is 4.42 Å². The maximum absolute atomic E-state index is 12.2. The van der Waals surface area contributed by atoms with Gasteiger partial charge in [-0.05, 0) is 25.0 Å². The lowest BCUT2D eigenvalue weighted by atomic mass is 10.3. The fourth-order valence-corrected chi connectivity index (χ4v) is 2.94. The van der Waals surface area contributed by atoms with Gasteiger partial charge in [0.2, 0.25) is 0 Å². The van der Waals surface area contributed by atoms with E-state index < -0.39 is 12.6 Å². The Balaban J connectivity index is 1.73. The van der Waals surface area contributed by atoms with E-state index in [-0.39, 0.29) is 5.75 Å². The molecule has 0 aliphatic heterocycles. The molecule has 1 aliphatic carbocycles. The summed E-state index contributed by atoms with van der Waals surface area (Å²) >= 11 is 1.09. The number of alkyl halides is 3. The normalized spacial score (nSPS) is 15.6. The molecular weight excluding hydrogens is 303 g/mol. The zero-order valence-corrected chi connectivity index (χ0v) is 12.0. The third-order valence-corrected chi connectivity index (χ3v) is 4.17. The molecule has 0 amide bonds. The van der Waals surface area contributed by atoms with E-state index in [0.717, 1.165) is 36.2 Å². The molecule has 2 aromatic heterocycles. The number of furan rings is 1. The maximum atomic E-state index is 12.2. The van der Waals surface area contributed by atoms with Crippen molar-refractivity contribution in [2.45, 2.75) is 43.1 Å². The van der Waals surface area contributed by atoms with Crippen LogP contribution in [0, 0.1) is 0 Å². The summed E-state index contributed by atoms with van der Waals surface area (Å²) in [4.78, 5) is 0. The van der Waals surface area contributed by atoms with Crippen LogP contribution in [0.5, 0.6) is 0 Å². The summed E-state index contributed by atoms with van der Waals surface area (Å²) in [5.41, 5.74) is 0. The molecule has 1 saturated carbocycles. The number of hydrogen-bond donors (Lipinski definition) is 0. The van der Waals surface area contributed by atoms with E-state index in [9.17, 15) is 13.2 Å². The summed E-state index contributed by atoms with van der Waals surface area (Å²) in [5.74, 6) is 1.92. The summed E-state index contributed by atoms with van der Waals surface area (Å²) in [6.45, 7) is 0.459. The monoisotopic (exact) mass is 317 g/mol. The molecule has 2 aromatic rings. The summed E-state index contributed by atoms with van der Waals surface area (Å²) < 4.78 is 43.9. The van der Waals surface area contributed by atoms with E-state index in [1.54, 1.807) is 12.3 Å². The minimum atomic E-state index is -4.14. The Hall–Kier alpha value is -1.44. The van der Waals surface area contributed by atoms with Gasteiger partial charge in [-0.15, -0.1) is 10.2 Å².